The fourth-order valence-electron chi connectivity index (χ4n) is 6.11. The first-order valence-corrected chi connectivity index (χ1v) is 13.7. The van der Waals surface area contributed by atoms with Crippen LogP contribution in [0, 0.1) is 5.92 Å². The number of aliphatic carboxylic acids is 1. The molecule has 1 amide bonds. The summed E-state index contributed by atoms with van der Waals surface area (Å²) < 4.78 is 5.74. The summed E-state index contributed by atoms with van der Waals surface area (Å²) in [4.78, 5) is 33.7. The summed E-state index contributed by atoms with van der Waals surface area (Å²) >= 11 is 12.9. The van der Waals surface area contributed by atoms with E-state index in [1.165, 1.54) is 16.0 Å². The van der Waals surface area contributed by atoms with Crippen LogP contribution >= 0.6 is 23.2 Å². The molecular weight excluding hydrogens is 501 g/mol. The number of amides is 1. The van der Waals surface area contributed by atoms with Gasteiger partial charge in [-0.15, -0.1) is 0 Å². The number of carboxylic acid groups (broad SMARTS) is 1. The van der Waals surface area contributed by atoms with E-state index >= 15 is 0 Å². The van der Waals surface area contributed by atoms with E-state index in [2.05, 4.69) is 17.9 Å². The second-order valence-corrected chi connectivity index (χ2v) is 11.3. The van der Waals surface area contributed by atoms with E-state index in [0.29, 0.717) is 11.6 Å². The van der Waals surface area contributed by atoms with Crippen LogP contribution in [0.4, 0.5) is 4.79 Å². The van der Waals surface area contributed by atoms with Gasteiger partial charge in [0.1, 0.15) is 12.1 Å². The Labute approximate surface area is 222 Å². The number of carbonyl (C=O) groups excluding carboxylic acids is 1. The quantitative estimate of drug-likeness (QED) is 0.534. The highest BCUT2D eigenvalue weighted by Crippen LogP contribution is 2.45. The predicted octanol–water partition coefficient (Wildman–Crippen LogP) is 5.72. The first-order chi connectivity index (χ1) is 17.3. The third-order valence-electron chi connectivity index (χ3n) is 8.06. The van der Waals surface area contributed by atoms with Crippen LogP contribution in [0.15, 0.2) is 34.5 Å². The van der Waals surface area contributed by atoms with Gasteiger partial charge in [0.2, 0.25) is 0 Å². The van der Waals surface area contributed by atoms with Gasteiger partial charge in [-0.2, -0.15) is 0 Å². The Morgan fingerprint density at radius 3 is 2.67 bits per heavy atom. The van der Waals surface area contributed by atoms with E-state index < -0.39 is 18.1 Å². The summed E-state index contributed by atoms with van der Waals surface area (Å²) in [6.45, 7) is 3.13. The molecule has 0 radical (unpaired) electrons. The zero-order chi connectivity index (χ0) is 25.4. The summed E-state index contributed by atoms with van der Waals surface area (Å²) in [5, 5.41) is 11.6. The molecule has 0 aromatic carbocycles. The lowest BCUT2D eigenvalue weighted by molar-refractivity contribution is -0.145. The Morgan fingerprint density at radius 1 is 1.14 bits per heavy atom. The molecular formula is C27H33Cl2N3O4. The molecule has 1 saturated carbocycles. The van der Waals surface area contributed by atoms with Gasteiger partial charge in [0, 0.05) is 30.9 Å². The number of carbonyl (C=O) groups is 2. The average Bonchev–Trinajstić information content (AvgIpc) is 3.01. The minimum Gasteiger partial charge on any atom is -0.480 e. The van der Waals surface area contributed by atoms with Gasteiger partial charge in [0.05, 0.1) is 16.8 Å². The van der Waals surface area contributed by atoms with Gasteiger partial charge in [-0.25, -0.2) is 9.59 Å². The first-order valence-electron chi connectivity index (χ1n) is 13.0. The molecule has 1 aromatic rings. The molecule has 1 aromatic heterocycles. The van der Waals surface area contributed by atoms with Gasteiger partial charge in [-0.1, -0.05) is 36.5 Å². The minimum atomic E-state index is -1.02. The predicted molar refractivity (Wildman–Crippen MR) is 138 cm³/mol. The van der Waals surface area contributed by atoms with E-state index in [1.807, 2.05) is 6.07 Å². The van der Waals surface area contributed by atoms with Crippen molar-refractivity contribution in [1.29, 1.82) is 0 Å². The average molecular weight is 534 g/mol. The maximum absolute atomic E-state index is 13.0. The number of carboxylic acids is 1. The SMILES string of the molecule is CC1CC2=C(C=C1Cl)CCc1cc(Cl)cnc1C2N1CCN(C(=O)OC2CCCCC2)[C@@H](C(=O)O)C1. The van der Waals surface area contributed by atoms with Crippen molar-refractivity contribution in [3.05, 3.63) is 50.8 Å². The normalized spacial score (nSPS) is 27.6. The van der Waals surface area contributed by atoms with Crippen molar-refractivity contribution in [2.75, 3.05) is 19.6 Å². The molecule has 1 N–H and O–H groups in total. The van der Waals surface area contributed by atoms with Crippen LogP contribution in [-0.4, -0.2) is 63.7 Å². The zero-order valence-corrected chi connectivity index (χ0v) is 22.1. The molecule has 194 valence electrons. The van der Waals surface area contributed by atoms with E-state index in [1.54, 1.807) is 6.20 Å². The van der Waals surface area contributed by atoms with Crippen molar-refractivity contribution in [3.63, 3.8) is 0 Å². The first kappa shape index (κ1) is 25.6. The molecule has 5 rings (SSSR count). The number of nitrogens with zero attached hydrogens (tertiary/aromatic N) is 3. The van der Waals surface area contributed by atoms with Crippen LogP contribution in [0.2, 0.25) is 5.02 Å². The molecule has 4 aliphatic rings. The second-order valence-electron chi connectivity index (χ2n) is 10.5. The number of pyridine rings is 1. The smallest absolute Gasteiger partial charge is 0.410 e. The number of ether oxygens (including phenoxy) is 1. The fourth-order valence-corrected chi connectivity index (χ4v) is 6.50. The summed E-state index contributed by atoms with van der Waals surface area (Å²) in [5.41, 5.74) is 4.43. The molecule has 1 aliphatic heterocycles. The summed E-state index contributed by atoms with van der Waals surface area (Å²) in [7, 11) is 0. The lowest BCUT2D eigenvalue weighted by Crippen LogP contribution is -2.59. The highest BCUT2D eigenvalue weighted by Gasteiger charge is 2.42. The van der Waals surface area contributed by atoms with Gasteiger partial charge in [0.15, 0.2) is 0 Å². The van der Waals surface area contributed by atoms with Crippen LogP contribution < -0.4 is 0 Å². The number of aryl methyl sites for hydroxylation is 1. The monoisotopic (exact) mass is 533 g/mol. The highest BCUT2D eigenvalue weighted by molar-refractivity contribution is 6.30. The van der Waals surface area contributed by atoms with Gasteiger partial charge in [-0.05, 0) is 79.7 Å². The van der Waals surface area contributed by atoms with Crippen molar-refractivity contribution in [2.45, 2.75) is 76.5 Å². The molecule has 7 nitrogen and oxygen atoms in total. The van der Waals surface area contributed by atoms with Crippen LogP contribution in [0.1, 0.15) is 69.2 Å². The fraction of sp³-hybridized carbons (Fsp3) is 0.593. The van der Waals surface area contributed by atoms with Crippen LogP contribution in [0.3, 0.4) is 0 Å². The minimum absolute atomic E-state index is 0.116. The molecule has 3 aliphatic carbocycles. The lowest BCUT2D eigenvalue weighted by Gasteiger charge is -2.44. The van der Waals surface area contributed by atoms with E-state index in [4.69, 9.17) is 32.9 Å². The van der Waals surface area contributed by atoms with E-state index in [0.717, 1.165) is 67.7 Å². The second kappa shape index (κ2) is 10.7. The summed E-state index contributed by atoms with van der Waals surface area (Å²) in [6.07, 6.45) is 10.5. The Hall–Kier alpha value is -2.09. The van der Waals surface area contributed by atoms with Crippen molar-refractivity contribution >= 4 is 35.3 Å². The Balaban J connectivity index is 1.44. The maximum Gasteiger partial charge on any atom is 0.410 e. The largest absolute Gasteiger partial charge is 0.480 e. The standard InChI is InChI=1S/C27H33Cl2N3O4/c1-16-11-21-17(13-22(16)29)7-8-18-12-19(28)14-30-24(18)25(21)31-9-10-32(23(15-31)26(33)34)27(35)36-20-5-3-2-4-6-20/h12-14,16,20,23,25H,2-11,15H2,1H3,(H,33,34)/t16?,23-,25?/m1/s1. The number of piperazine rings is 1. The molecule has 9 heteroatoms. The number of hydrogen-bond acceptors (Lipinski definition) is 5. The van der Waals surface area contributed by atoms with Gasteiger partial charge >= 0.3 is 12.1 Å². The third-order valence-corrected chi connectivity index (χ3v) is 8.75. The number of allylic oxidation sites excluding steroid dienone is 3. The van der Waals surface area contributed by atoms with Gasteiger partial charge < -0.3 is 9.84 Å². The molecule has 36 heavy (non-hydrogen) atoms. The van der Waals surface area contributed by atoms with Crippen molar-refractivity contribution in [3.8, 4) is 0 Å². The number of rotatable bonds is 3. The van der Waals surface area contributed by atoms with Gasteiger partial charge in [0.25, 0.3) is 0 Å². The Morgan fingerprint density at radius 2 is 1.92 bits per heavy atom. The van der Waals surface area contributed by atoms with E-state index in [9.17, 15) is 14.7 Å². The number of fused-ring (bicyclic) bond motifs is 1. The summed E-state index contributed by atoms with van der Waals surface area (Å²) in [6, 6.07) is 0.797. The van der Waals surface area contributed by atoms with E-state index in [-0.39, 0.29) is 31.2 Å². The van der Waals surface area contributed by atoms with Crippen LogP contribution in [-0.2, 0) is 16.0 Å². The summed E-state index contributed by atoms with van der Waals surface area (Å²) in [5.74, 6) is -0.837. The molecule has 1 saturated heterocycles. The van der Waals surface area contributed by atoms with Crippen molar-refractivity contribution in [1.82, 2.24) is 14.8 Å². The van der Waals surface area contributed by atoms with Crippen LogP contribution in [0.5, 0.6) is 0 Å². The lowest BCUT2D eigenvalue weighted by atomic mass is 9.84. The number of hydrogen-bond donors (Lipinski definition) is 1. The van der Waals surface area contributed by atoms with Crippen molar-refractivity contribution < 1.29 is 19.4 Å². The molecule has 0 spiro atoms. The molecule has 2 fully saturated rings. The number of aromatic nitrogens is 1. The zero-order valence-electron chi connectivity index (χ0n) is 20.6. The molecule has 2 heterocycles. The Kier molecular flexibility index (Phi) is 7.61. The molecule has 3 atom stereocenters. The van der Waals surface area contributed by atoms with Crippen LogP contribution in [0.25, 0.3) is 0 Å². The van der Waals surface area contributed by atoms with Gasteiger partial charge in [-0.3, -0.25) is 14.8 Å². The third kappa shape index (κ3) is 5.15. The molecule has 0 bridgehead atoms. The maximum atomic E-state index is 13.0. The topological polar surface area (TPSA) is 83.0 Å². The molecule has 2 unspecified atom stereocenters. The number of halogens is 2. The Bertz CT molecular complexity index is 1100. The highest BCUT2D eigenvalue weighted by atomic mass is 35.5. The van der Waals surface area contributed by atoms with Crippen molar-refractivity contribution in [2.24, 2.45) is 5.92 Å².